The average molecular weight is 458 g/mol. The Balaban J connectivity index is 0.00000450. The Morgan fingerprint density at radius 1 is 0.867 bits per heavy atom. The molecule has 2 rings (SSSR count). The van der Waals surface area contributed by atoms with Crippen molar-refractivity contribution in [3.05, 3.63) is 41.5 Å². The van der Waals surface area contributed by atoms with Gasteiger partial charge in [0.05, 0.1) is 28.4 Å². The van der Waals surface area contributed by atoms with Crippen molar-refractivity contribution in [2.24, 2.45) is 0 Å². The zero-order valence-corrected chi connectivity index (χ0v) is 17.0. The number of ether oxygens (including phenoxy) is 4. The molecule has 2 aromatic carbocycles. The monoisotopic (exact) mass is 458 g/mol. The van der Waals surface area contributed by atoms with Crippen LogP contribution in [0.5, 0.6) is 28.7 Å². The first-order chi connectivity index (χ1) is 13.5. The Hall–Kier alpha value is -1.55. The van der Waals surface area contributed by atoms with Crippen LogP contribution in [0.25, 0.3) is 0 Å². The van der Waals surface area contributed by atoms with Crippen molar-refractivity contribution in [3.8, 4) is 28.7 Å². The third kappa shape index (κ3) is 6.47. The predicted molar refractivity (Wildman–Crippen MR) is 107 cm³/mol. The van der Waals surface area contributed by atoms with Gasteiger partial charge >= 0.3 is 37.4 Å². The Bertz CT molecular complexity index is 894. The van der Waals surface area contributed by atoms with E-state index in [0.29, 0.717) is 0 Å². The van der Waals surface area contributed by atoms with Crippen LogP contribution in [-0.4, -0.2) is 67.8 Å². The van der Waals surface area contributed by atoms with Crippen molar-refractivity contribution >= 4 is 37.4 Å². The van der Waals surface area contributed by atoms with Crippen LogP contribution in [0.3, 0.4) is 0 Å². The standard InChI is InChI=1S/C18H21F2O8P.Na.H/c1-24-13-6-5-11(7-14(13)28-29(21,22)23)10-18(19,20)12-8-15(25-2)17(27-4)16(9-12)26-3;;/h5-9H,10H2,1-4H3,(H2,21,22,23);;. The molecule has 0 saturated carbocycles. The van der Waals surface area contributed by atoms with Gasteiger partial charge in [-0.05, 0) is 29.8 Å². The summed E-state index contributed by atoms with van der Waals surface area (Å²) in [6, 6.07) is 5.99. The summed E-state index contributed by atoms with van der Waals surface area (Å²) in [5.74, 6) is -3.41. The zero-order chi connectivity index (χ0) is 21.8. The predicted octanol–water partition coefficient (Wildman–Crippen LogP) is 2.88. The van der Waals surface area contributed by atoms with Crippen LogP contribution in [0.1, 0.15) is 11.1 Å². The van der Waals surface area contributed by atoms with Crippen LogP contribution in [0.4, 0.5) is 8.78 Å². The SMILES string of the molecule is COc1ccc(CC(F)(F)c2cc(OC)c(OC)c(OC)c2)cc1OP(=O)(O)O.[NaH]. The number of rotatable bonds is 9. The van der Waals surface area contributed by atoms with Gasteiger partial charge in [0, 0.05) is 12.0 Å². The minimum absolute atomic E-state index is 0. The van der Waals surface area contributed by atoms with E-state index < -0.39 is 20.2 Å². The first kappa shape index (κ1) is 26.5. The Morgan fingerprint density at radius 3 is 1.83 bits per heavy atom. The molecule has 0 amide bonds. The van der Waals surface area contributed by atoms with E-state index in [2.05, 4.69) is 4.52 Å². The maximum absolute atomic E-state index is 15.0. The van der Waals surface area contributed by atoms with Crippen molar-refractivity contribution in [1.29, 1.82) is 0 Å². The summed E-state index contributed by atoms with van der Waals surface area (Å²) in [4.78, 5) is 18.0. The molecular weight excluding hydrogens is 436 g/mol. The molecule has 0 unspecified atom stereocenters. The number of benzene rings is 2. The number of phosphoric acid groups is 1. The van der Waals surface area contributed by atoms with E-state index in [1.165, 1.54) is 40.6 Å². The van der Waals surface area contributed by atoms with Crippen molar-refractivity contribution in [2.75, 3.05) is 28.4 Å². The van der Waals surface area contributed by atoms with Gasteiger partial charge in [-0.3, -0.25) is 9.79 Å². The van der Waals surface area contributed by atoms with Crippen LogP contribution in [0.2, 0.25) is 0 Å². The molecule has 0 atom stereocenters. The maximum atomic E-state index is 15.0. The number of hydrogen-bond acceptors (Lipinski definition) is 6. The summed E-state index contributed by atoms with van der Waals surface area (Å²) in [5.41, 5.74) is -0.326. The van der Waals surface area contributed by atoms with Gasteiger partial charge in [-0.15, -0.1) is 0 Å². The molecule has 12 heteroatoms. The van der Waals surface area contributed by atoms with E-state index in [0.717, 1.165) is 18.2 Å². The second-order valence-electron chi connectivity index (χ2n) is 5.86. The van der Waals surface area contributed by atoms with Crippen molar-refractivity contribution in [2.45, 2.75) is 12.3 Å². The Labute approximate surface area is 194 Å². The number of hydrogen-bond donors (Lipinski definition) is 2. The fraction of sp³-hybridized carbons (Fsp3) is 0.333. The van der Waals surface area contributed by atoms with Crippen molar-refractivity contribution in [3.63, 3.8) is 0 Å². The molecule has 162 valence electrons. The molecule has 0 radical (unpaired) electrons. The summed E-state index contributed by atoms with van der Waals surface area (Å²) in [5, 5.41) is 0. The van der Waals surface area contributed by atoms with Crippen LogP contribution >= 0.6 is 7.82 Å². The summed E-state index contributed by atoms with van der Waals surface area (Å²) in [6.07, 6.45) is -0.785. The minimum atomic E-state index is -4.90. The average Bonchev–Trinajstić information content (AvgIpc) is 2.65. The number of alkyl halides is 2. The summed E-state index contributed by atoms with van der Waals surface area (Å²) < 4.78 is 65.9. The number of methoxy groups -OCH3 is 4. The molecule has 2 aromatic rings. The second kappa shape index (κ2) is 10.7. The van der Waals surface area contributed by atoms with E-state index in [1.54, 1.807) is 0 Å². The Morgan fingerprint density at radius 2 is 1.40 bits per heavy atom. The third-order valence-corrected chi connectivity index (χ3v) is 4.39. The molecule has 0 heterocycles. The van der Waals surface area contributed by atoms with Gasteiger partial charge in [0.15, 0.2) is 23.0 Å². The van der Waals surface area contributed by atoms with Crippen LogP contribution in [-0.2, 0) is 16.9 Å². The van der Waals surface area contributed by atoms with Crippen LogP contribution < -0.4 is 23.5 Å². The molecule has 30 heavy (non-hydrogen) atoms. The van der Waals surface area contributed by atoms with E-state index in [4.69, 9.17) is 28.7 Å². The molecular formula is C18H22F2NaO8P. The van der Waals surface area contributed by atoms with E-state index >= 15 is 0 Å². The fourth-order valence-corrected chi connectivity index (χ4v) is 3.08. The molecule has 0 aliphatic carbocycles. The van der Waals surface area contributed by atoms with Gasteiger partial charge < -0.3 is 23.5 Å². The van der Waals surface area contributed by atoms with E-state index in [-0.39, 0.29) is 69.4 Å². The van der Waals surface area contributed by atoms with Gasteiger partial charge in [0.25, 0.3) is 5.92 Å². The first-order valence-electron chi connectivity index (χ1n) is 8.15. The molecule has 0 spiro atoms. The fourth-order valence-electron chi connectivity index (χ4n) is 2.68. The summed E-state index contributed by atoms with van der Waals surface area (Å²) in [7, 11) is 0.341. The van der Waals surface area contributed by atoms with Gasteiger partial charge in [-0.1, -0.05) is 6.07 Å². The topological polar surface area (TPSA) is 104 Å². The molecule has 0 fully saturated rings. The van der Waals surface area contributed by atoms with Gasteiger partial charge in [-0.2, -0.15) is 0 Å². The van der Waals surface area contributed by atoms with E-state index in [1.807, 2.05) is 0 Å². The van der Waals surface area contributed by atoms with Crippen LogP contribution in [0, 0.1) is 0 Å². The Kier molecular flexibility index (Phi) is 9.41. The number of phosphoric ester groups is 1. The third-order valence-electron chi connectivity index (χ3n) is 3.96. The molecule has 0 bridgehead atoms. The normalized spacial score (nSPS) is 11.3. The quantitative estimate of drug-likeness (QED) is 0.437. The van der Waals surface area contributed by atoms with Gasteiger partial charge in [-0.25, -0.2) is 13.3 Å². The zero-order valence-electron chi connectivity index (χ0n) is 16.1. The molecule has 8 nitrogen and oxygen atoms in total. The van der Waals surface area contributed by atoms with Gasteiger partial charge in [0.2, 0.25) is 5.75 Å². The van der Waals surface area contributed by atoms with Crippen LogP contribution in [0.15, 0.2) is 30.3 Å². The summed E-state index contributed by atoms with van der Waals surface area (Å²) in [6.45, 7) is 0. The first-order valence-corrected chi connectivity index (χ1v) is 9.68. The van der Waals surface area contributed by atoms with E-state index in [9.17, 15) is 13.3 Å². The van der Waals surface area contributed by atoms with Gasteiger partial charge in [0.1, 0.15) is 0 Å². The van der Waals surface area contributed by atoms with Crippen molar-refractivity contribution in [1.82, 2.24) is 0 Å². The summed E-state index contributed by atoms with van der Waals surface area (Å²) >= 11 is 0. The molecule has 2 N–H and O–H groups in total. The molecule has 0 aliphatic heterocycles. The van der Waals surface area contributed by atoms with Crippen molar-refractivity contribution < 1.29 is 46.6 Å². The number of halogens is 2. The second-order valence-corrected chi connectivity index (χ2v) is 7.03. The molecule has 0 aromatic heterocycles. The molecule has 0 aliphatic rings. The molecule has 0 saturated heterocycles.